The molecule has 1 fully saturated rings. The summed E-state index contributed by atoms with van der Waals surface area (Å²) in [5.41, 5.74) is 3.47. The maximum atomic E-state index is 12.4. The van der Waals surface area contributed by atoms with Crippen molar-refractivity contribution < 1.29 is 40.2 Å². The second-order valence-corrected chi connectivity index (χ2v) is 11.4. The molecule has 2 aromatic carbocycles. The van der Waals surface area contributed by atoms with Crippen LogP contribution in [0.3, 0.4) is 0 Å². The van der Waals surface area contributed by atoms with Gasteiger partial charge < -0.3 is 46.6 Å². The first-order chi connectivity index (χ1) is 21.1. The fourth-order valence-corrected chi connectivity index (χ4v) is 5.19. The van der Waals surface area contributed by atoms with Gasteiger partial charge in [-0.25, -0.2) is 0 Å². The molecule has 0 unspecified atom stereocenters. The third-order valence-corrected chi connectivity index (χ3v) is 7.75. The van der Waals surface area contributed by atoms with Gasteiger partial charge in [0.05, 0.1) is 49.6 Å². The summed E-state index contributed by atoms with van der Waals surface area (Å²) in [5.74, 6) is -3.20. The van der Waals surface area contributed by atoms with E-state index in [0.717, 1.165) is 56.8 Å². The van der Waals surface area contributed by atoms with Crippen LogP contribution in [-0.4, -0.2) is 118 Å². The van der Waals surface area contributed by atoms with Gasteiger partial charge in [-0.15, -0.1) is 0 Å². The molecule has 0 radical (unpaired) electrons. The number of carbonyl (C=O) groups is 2. The van der Waals surface area contributed by atoms with Crippen LogP contribution in [0, 0.1) is 25.7 Å². The van der Waals surface area contributed by atoms with Crippen molar-refractivity contribution in [3.05, 3.63) is 46.5 Å². The maximum absolute atomic E-state index is 12.4. The summed E-state index contributed by atoms with van der Waals surface area (Å²) in [6, 6.07) is 7.05. The highest BCUT2D eigenvalue weighted by molar-refractivity contribution is 5.95. The Hall–Kier alpha value is -3.30. The van der Waals surface area contributed by atoms with E-state index in [9.17, 15) is 40.2 Å². The summed E-state index contributed by atoms with van der Waals surface area (Å²) in [6.45, 7) is 7.02. The number of rotatable bonds is 12. The standard InChI is InChI=1S/C31H47N5O8/c1-20-10-22(28(41)26(12-20)33-30(43)24(16-37)17-38)14-35-6-3-7-36(9-5-32-4-8-35)15-23-11-21(2)13-27(29(23)42)34-31(44)25(18-39)19-40/h10-13,24-25,32,37-42H,3-9,14-19H2,1-2H3,(H,33,43)(H,34,44). The van der Waals surface area contributed by atoms with E-state index in [1.807, 2.05) is 26.0 Å². The van der Waals surface area contributed by atoms with Gasteiger partial charge >= 0.3 is 0 Å². The number of benzene rings is 2. The summed E-state index contributed by atoms with van der Waals surface area (Å²) in [4.78, 5) is 29.2. The number of amides is 2. The van der Waals surface area contributed by atoms with E-state index in [1.165, 1.54) is 0 Å². The second kappa shape index (κ2) is 17.3. The highest BCUT2D eigenvalue weighted by Gasteiger charge is 2.22. The van der Waals surface area contributed by atoms with Crippen LogP contribution in [0.25, 0.3) is 0 Å². The first-order valence-corrected chi connectivity index (χ1v) is 15.0. The van der Waals surface area contributed by atoms with Crippen LogP contribution in [-0.2, 0) is 22.7 Å². The summed E-state index contributed by atoms with van der Waals surface area (Å²) >= 11 is 0. The van der Waals surface area contributed by atoms with Crippen molar-refractivity contribution in [2.75, 3.05) is 76.3 Å². The van der Waals surface area contributed by atoms with Gasteiger partial charge in [-0.3, -0.25) is 19.4 Å². The topological polar surface area (TPSA) is 198 Å². The van der Waals surface area contributed by atoms with Crippen LogP contribution >= 0.6 is 0 Å². The van der Waals surface area contributed by atoms with Crippen LogP contribution in [0.1, 0.15) is 28.7 Å². The zero-order valence-corrected chi connectivity index (χ0v) is 25.6. The molecular formula is C31H47N5O8. The average molecular weight is 618 g/mol. The van der Waals surface area contributed by atoms with Crippen molar-refractivity contribution in [1.29, 1.82) is 0 Å². The number of hydrogen-bond donors (Lipinski definition) is 9. The Morgan fingerprint density at radius 2 is 1.09 bits per heavy atom. The molecule has 1 aliphatic heterocycles. The lowest BCUT2D eigenvalue weighted by Gasteiger charge is -2.29. The van der Waals surface area contributed by atoms with Crippen molar-refractivity contribution in [3.8, 4) is 11.5 Å². The Labute approximate surface area is 258 Å². The lowest BCUT2D eigenvalue weighted by molar-refractivity contribution is -0.123. The zero-order valence-electron chi connectivity index (χ0n) is 25.6. The number of nitrogens with one attached hydrogen (secondary N) is 3. The number of aromatic hydroxyl groups is 2. The van der Waals surface area contributed by atoms with E-state index in [4.69, 9.17) is 0 Å². The molecule has 1 heterocycles. The molecule has 0 aliphatic carbocycles. The second-order valence-electron chi connectivity index (χ2n) is 11.4. The minimum absolute atomic E-state index is 0.0487. The lowest BCUT2D eigenvalue weighted by Crippen LogP contribution is -2.40. The minimum Gasteiger partial charge on any atom is -0.505 e. The van der Waals surface area contributed by atoms with Gasteiger partial charge in [0.15, 0.2) is 0 Å². The van der Waals surface area contributed by atoms with Crippen LogP contribution in [0.15, 0.2) is 24.3 Å². The predicted molar refractivity (Wildman–Crippen MR) is 166 cm³/mol. The first-order valence-electron chi connectivity index (χ1n) is 15.0. The number of carbonyl (C=O) groups excluding carboxylic acids is 2. The van der Waals surface area contributed by atoms with Crippen LogP contribution in [0.2, 0.25) is 0 Å². The van der Waals surface area contributed by atoms with E-state index in [1.54, 1.807) is 12.1 Å². The summed E-state index contributed by atoms with van der Waals surface area (Å²) in [5, 5.41) is 67.9. The number of aliphatic hydroxyl groups excluding tert-OH is 4. The average Bonchev–Trinajstić information content (AvgIpc) is 2.98. The Bertz CT molecular complexity index is 1160. The molecule has 13 nitrogen and oxygen atoms in total. The molecule has 2 amide bonds. The molecule has 13 heteroatoms. The Morgan fingerprint density at radius 1 is 0.705 bits per heavy atom. The molecule has 2 aromatic rings. The van der Waals surface area contributed by atoms with E-state index in [0.29, 0.717) is 24.2 Å². The van der Waals surface area contributed by atoms with Crippen molar-refractivity contribution in [2.24, 2.45) is 11.8 Å². The van der Waals surface area contributed by atoms with Crippen molar-refractivity contribution in [2.45, 2.75) is 33.4 Å². The molecule has 0 bridgehead atoms. The number of phenolic OH excluding ortho intramolecular Hbond substituents is 2. The molecule has 0 aromatic heterocycles. The van der Waals surface area contributed by atoms with Crippen LogP contribution in [0.4, 0.5) is 11.4 Å². The molecule has 0 spiro atoms. The zero-order chi connectivity index (χ0) is 32.2. The fraction of sp³-hybridized carbons (Fsp3) is 0.548. The normalized spacial score (nSPS) is 15.5. The highest BCUT2D eigenvalue weighted by Crippen LogP contribution is 2.32. The third-order valence-electron chi connectivity index (χ3n) is 7.75. The van der Waals surface area contributed by atoms with Gasteiger partial charge in [0, 0.05) is 50.4 Å². The smallest absolute Gasteiger partial charge is 0.232 e. The molecule has 1 saturated heterocycles. The number of nitrogens with zero attached hydrogens (tertiary/aromatic N) is 2. The number of phenols is 2. The van der Waals surface area contributed by atoms with E-state index >= 15 is 0 Å². The Balaban J connectivity index is 1.68. The molecule has 3 rings (SSSR count). The summed E-state index contributed by atoms with van der Waals surface area (Å²) in [7, 11) is 0. The number of aliphatic hydroxyl groups is 4. The van der Waals surface area contributed by atoms with E-state index in [-0.39, 0.29) is 22.9 Å². The van der Waals surface area contributed by atoms with Crippen molar-refractivity contribution in [3.63, 3.8) is 0 Å². The molecule has 9 N–H and O–H groups in total. The Kier molecular flexibility index (Phi) is 13.8. The SMILES string of the molecule is Cc1cc(CN2CCCN(Cc3cc(C)cc(NC(=O)C(CO)CO)c3O)CCNCC2)c(O)c(NC(=O)C(CO)CO)c1. The van der Waals surface area contributed by atoms with E-state index in [2.05, 4.69) is 25.8 Å². The van der Waals surface area contributed by atoms with Crippen LogP contribution < -0.4 is 16.0 Å². The lowest BCUT2D eigenvalue weighted by atomic mass is 10.1. The molecular weight excluding hydrogens is 570 g/mol. The fourth-order valence-electron chi connectivity index (χ4n) is 5.19. The van der Waals surface area contributed by atoms with Gasteiger partial charge in [0.1, 0.15) is 11.5 Å². The number of anilines is 2. The molecule has 244 valence electrons. The molecule has 44 heavy (non-hydrogen) atoms. The Morgan fingerprint density at radius 3 is 1.45 bits per heavy atom. The van der Waals surface area contributed by atoms with Gasteiger partial charge in [-0.2, -0.15) is 0 Å². The summed E-state index contributed by atoms with van der Waals surface area (Å²) in [6.07, 6.45) is 0.815. The quantitative estimate of drug-likeness (QED) is 0.146. The molecule has 0 saturated carbocycles. The van der Waals surface area contributed by atoms with Gasteiger partial charge in [0.25, 0.3) is 0 Å². The number of aryl methyl sites for hydroxylation is 2. The number of hydrogen-bond acceptors (Lipinski definition) is 11. The van der Waals surface area contributed by atoms with Gasteiger partial charge in [0.2, 0.25) is 11.8 Å². The monoisotopic (exact) mass is 617 g/mol. The van der Waals surface area contributed by atoms with Crippen LogP contribution in [0.5, 0.6) is 11.5 Å². The molecule has 1 aliphatic rings. The van der Waals surface area contributed by atoms with Gasteiger partial charge in [-0.05, 0) is 56.6 Å². The summed E-state index contributed by atoms with van der Waals surface area (Å²) < 4.78 is 0. The third kappa shape index (κ3) is 9.86. The molecule has 0 atom stereocenters. The van der Waals surface area contributed by atoms with Crippen molar-refractivity contribution >= 4 is 23.2 Å². The minimum atomic E-state index is -0.980. The highest BCUT2D eigenvalue weighted by atomic mass is 16.3. The maximum Gasteiger partial charge on any atom is 0.232 e. The predicted octanol–water partition coefficient (Wildman–Crippen LogP) is 0.0907. The van der Waals surface area contributed by atoms with Gasteiger partial charge in [-0.1, -0.05) is 12.1 Å². The van der Waals surface area contributed by atoms with E-state index < -0.39 is 50.1 Å². The largest absolute Gasteiger partial charge is 0.505 e. The van der Waals surface area contributed by atoms with Crippen molar-refractivity contribution in [1.82, 2.24) is 15.1 Å². The first kappa shape index (κ1) is 35.2.